The molecule has 2 aliphatic heterocycles. The summed E-state index contributed by atoms with van der Waals surface area (Å²) in [6.07, 6.45) is 4.75. The highest BCUT2D eigenvalue weighted by molar-refractivity contribution is 5.34. The van der Waals surface area contributed by atoms with E-state index >= 15 is 0 Å². The lowest BCUT2D eigenvalue weighted by atomic mass is 9.80. The third-order valence-corrected chi connectivity index (χ3v) is 4.66. The maximum Gasteiger partial charge on any atom is 0.0627 e. The van der Waals surface area contributed by atoms with Gasteiger partial charge in [-0.15, -0.1) is 0 Å². The topological polar surface area (TPSA) is 21.3 Å². The Balaban J connectivity index is 1.90. The molecule has 4 unspecified atom stereocenters. The summed E-state index contributed by atoms with van der Waals surface area (Å²) in [5.41, 5.74) is 4.20. The van der Waals surface area contributed by atoms with Crippen molar-refractivity contribution >= 4 is 0 Å². The Morgan fingerprint density at radius 2 is 2.11 bits per heavy atom. The minimum absolute atomic E-state index is 0.445. The van der Waals surface area contributed by atoms with Crippen LogP contribution in [0, 0.1) is 19.8 Å². The first-order valence-corrected chi connectivity index (χ1v) is 7.09. The van der Waals surface area contributed by atoms with E-state index in [4.69, 9.17) is 4.74 Å². The third kappa shape index (κ3) is 1.98. The van der Waals surface area contributed by atoms with Gasteiger partial charge in [0, 0.05) is 12.0 Å². The molecule has 0 aliphatic carbocycles. The molecule has 2 nitrogen and oxygen atoms in total. The quantitative estimate of drug-likeness (QED) is 0.883. The van der Waals surface area contributed by atoms with Gasteiger partial charge < -0.3 is 10.1 Å². The lowest BCUT2D eigenvalue weighted by Gasteiger charge is -2.30. The van der Waals surface area contributed by atoms with Gasteiger partial charge in [-0.05, 0) is 51.3 Å². The van der Waals surface area contributed by atoms with Crippen LogP contribution < -0.4 is 5.32 Å². The molecule has 0 radical (unpaired) electrons. The second-order valence-corrected chi connectivity index (χ2v) is 5.90. The van der Waals surface area contributed by atoms with E-state index in [0.717, 1.165) is 0 Å². The van der Waals surface area contributed by atoms with E-state index in [2.05, 4.69) is 44.4 Å². The smallest absolute Gasteiger partial charge is 0.0627 e. The van der Waals surface area contributed by atoms with Crippen LogP contribution in [0.2, 0.25) is 0 Å². The van der Waals surface area contributed by atoms with Crippen LogP contribution in [0.3, 0.4) is 0 Å². The van der Waals surface area contributed by atoms with Crippen molar-refractivity contribution in [1.82, 2.24) is 5.32 Å². The van der Waals surface area contributed by atoms with Gasteiger partial charge in [-0.3, -0.25) is 0 Å². The number of hydrogen-bond acceptors (Lipinski definition) is 2. The largest absolute Gasteiger partial charge is 0.375 e. The lowest BCUT2D eigenvalue weighted by Crippen LogP contribution is -2.32. The standard InChI is InChI=1S/C16H23NO/c1-10-4-5-11(2)13(8-10)16(17-3)14-9-12-6-7-15(14)18-12/h4-5,8,12,14-17H,6-7,9H2,1-3H3. The van der Waals surface area contributed by atoms with Crippen LogP contribution in [0.15, 0.2) is 18.2 Å². The predicted octanol–water partition coefficient (Wildman–Crippen LogP) is 3.13. The van der Waals surface area contributed by atoms with Gasteiger partial charge in [0.2, 0.25) is 0 Å². The summed E-state index contributed by atoms with van der Waals surface area (Å²) in [5.74, 6) is 0.647. The van der Waals surface area contributed by atoms with Gasteiger partial charge in [-0.25, -0.2) is 0 Å². The number of ether oxygens (including phenoxy) is 1. The summed E-state index contributed by atoms with van der Waals surface area (Å²) >= 11 is 0. The Morgan fingerprint density at radius 1 is 1.28 bits per heavy atom. The molecule has 0 aromatic heterocycles. The summed E-state index contributed by atoms with van der Waals surface area (Å²) in [6, 6.07) is 7.22. The molecule has 2 heterocycles. The van der Waals surface area contributed by atoms with Crippen molar-refractivity contribution in [3.8, 4) is 0 Å². The van der Waals surface area contributed by atoms with Gasteiger partial charge in [-0.1, -0.05) is 23.8 Å². The molecule has 18 heavy (non-hydrogen) atoms. The minimum atomic E-state index is 0.445. The second-order valence-electron chi connectivity index (χ2n) is 5.90. The Bertz CT molecular complexity index is 443. The summed E-state index contributed by atoms with van der Waals surface area (Å²) in [7, 11) is 2.08. The van der Waals surface area contributed by atoms with Gasteiger partial charge >= 0.3 is 0 Å². The number of aryl methyl sites for hydroxylation is 2. The first-order valence-electron chi connectivity index (χ1n) is 7.09. The molecule has 0 amide bonds. The highest BCUT2D eigenvalue weighted by atomic mass is 16.5. The Morgan fingerprint density at radius 3 is 2.72 bits per heavy atom. The Hall–Kier alpha value is -0.860. The van der Waals surface area contributed by atoms with E-state index in [-0.39, 0.29) is 0 Å². The van der Waals surface area contributed by atoms with Crippen molar-refractivity contribution in [2.24, 2.45) is 5.92 Å². The maximum atomic E-state index is 6.02. The molecule has 0 spiro atoms. The SMILES string of the molecule is CNC(c1cc(C)ccc1C)C1CC2CCC1O2. The molecular formula is C16H23NO. The fourth-order valence-electron chi connectivity index (χ4n) is 3.72. The molecule has 4 atom stereocenters. The monoisotopic (exact) mass is 245 g/mol. The van der Waals surface area contributed by atoms with Crippen LogP contribution >= 0.6 is 0 Å². The first-order chi connectivity index (χ1) is 8.69. The normalized spacial score (nSPS) is 31.8. The van der Waals surface area contributed by atoms with Gasteiger partial charge in [-0.2, -0.15) is 0 Å². The van der Waals surface area contributed by atoms with E-state index < -0.39 is 0 Å². The van der Waals surface area contributed by atoms with Crippen molar-refractivity contribution in [3.63, 3.8) is 0 Å². The Kier molecular flexibility index (Phi) is 3.16. The van der Waals surface area contributed by atoms with E-state index in [0.29, 0.717) is 24.2 Å². The number of benzene rings is 1. The molecule has 2 heteroatoms. The molecule has 1 aromatic carbocycles. The summed E-state index contributed by atoms with van der Waals surface area (Å²) in [4.78, 5) is 0. The molecule has 1 N–H and O–H groups in total. The molecule has 0 saturated carbocycles. The summed E-state index contributed by atoms with van der Waals surface area (Å²) in [5, 5.41) is 3.53. The fourth-order valence-corrected chi connectivity index (χ4v) is 3.72. The zero-order valence-electron chi connectivity index (χ0n) is 11.6. The molecule has 2 fully saturated rings. The number of fused-ring (bicyclic) bond motifs is 2. The zero-order chi connectivity index (χ0) is 12.7. The Labute approximate surface area is 110 Å². The zero-order valence-corrected chi connectivity index (χ0v) is 11.6. The van der Waals surface area contributed by atoms with Crippen LogP contribution in [0.1, 0.15) is 42.0 Å². The number of hydrogen-bond donors (Lipinski definition) is 1. The third-order valence-electron chi connectivity index (χ3n) is 4.66. The summed E-state index contributed by atoms with van der Waals surface area (Å²) in [6.45, 7) is 4.39. The summed E-state index contributed by atoms with van der Waals surface area (Å²) < 4.78 is 6.02. The van der Waals surface area contributed by atoms with Crippen LogP contribution in [0.4, 0.5) is 0 Å². The van der Waals surface area contributed by atoms with Gasteiger partial charge in [0.05, 0.1) is 12.2 Å². The van der Waals surface area contributed by atoms with Gasteiger partial charge in [0.15, 0.2) is 0 Å². The van der Waals surface area contributed by atoms with Crippen molar-refractivity contribution in [2.75, 3.05) is 7.05 Å². The van der Waals surface area contributed by atoms with E-state index in [1.807, 2.05) is 0 Å². The van der Waals surface area contributed by atoms with Gasteiger partial charge in [0.25, 0.3) is 0 Å². The highest BCUT2D eigenvalue weighted by Gasteiger charge is 2.44. The second kappa shape index (κ2) is 4.67. The van der Waals surface area contributed by atoms with Crippen molar-refractivity contribution in [1.29, 1.82) is 0 Å². The highest BCUT2D eigenvalue weighted by Crippen LogP contribution is 2.45. The minimum Gasteiger partial charge on any atom is -0.375 e. The van der Waals surface area contributed by atoms with Crippen molar-refractivity contribution in [3.05, 3.63) is 34.9 Å². The van der Waals surface area contributed by atoms with Crippen LogP contribution in [0.5, 0.6) is 0 Å². The number of rotatable bonds is 3. The number of nitrogens with one attached hydrogen (secondary N) is 1. The molecule has 98 valence electrons. The van der Waals surface area contributed by atoms with Crippen LogP contribution in [-0.4, -0.2) is 19.3 Å². The first kappa shape index (κ1) is 12.2. The average Bonchev–Trinajstić information content (AvgIpc) is 2.97. The molecular weight excluding hydrogens is 222 g/mol. The van der Waals surface area contributed by atoms with Crippen LogP contribution in [0.25, 0.3) is 0 Å². The van der Waals surface area contributed by atoms with E-state index in [1.165, 1.54) is 36.0 Å². The van der Waals surface area contributed by atoms with Crippen molar-refractivity contribution in [2.45, 2.75) is 51.4 Å². The predicted molar refractivity (Wildman–Crippen MR) is 73.7 cm³/mol. The maximum absolute atomic E-state index is 6.02. The molecule has 3 rings (SSSR count). The fraction of sp³-hybridized carbons (Fsp3) is 0.625. The van der Waals surface area contributed by atoms with Gasteiger partial charge in [0.1, 0.15) is 0 Å². The molecule has 1 aromatic rings. The van der Waals surface area contributed by atoms with Crippen LogP contribution in [-0.2, 0) is 4.74 Å². The molecule has 2 aliphatic rings. The van der Waals surface area contributed by atoms with E-state index in [9.17, 15) is 0 Å². The van der Waals surface area contributed by atoms with Crippen molar-refractivity contribution < 1.29 is 4.74 Å². The average molecular weight is 245 g/mol. The molecule has 2 saturated heterocycles. The molecule has 2 bridgehead atoms. The van der Waals surface area contributed by atoms with E-state index in [1.54, 1.807) is 0 Å². The lowest BCUT2D eigenvalue weighted by molar-refractivity contribution is 0.0862.